The van der Waals surface area contributed by atoms with E-state index in [0.29, 0.717) is 0 Å². The van der Waals surface area contributed by atoms with Crippen LogP contribution in [0.2, 0.25) is 0 Å². The normalized spacial score (nSPS) is 19.3. The van der Waals surface area contributed by atoms with Crippen LogP contribution in [0.3, 0.4) is 0 Å². The Morgan fingerprint density at radius 1 is 1.25 bits per heavy atom. The standard InChI is InChI=1S/C14H21NO/c1-10-5-6-11(2)12(7-10)14(8-16-9-14)13(3,4)15/h5-7H,8-9,15H2,1-4H3. The van der Waals surface area contributed by atoms with E-state index in [2.05, 4.69) is 45.9 Å². The molecule has 0 saturated carbocycles. The number of nitrogens with two attached hydrogens (primary N) is 1. The van der Waals surface area contributed by atoms with Crippen molar-refractivity contribution in [2.45, 2.75) is 38.6 Å². The summed E-state index contributed by atoms with van der Waals surface area (Å²) in [5.74, 6) is 0. The van der Waals surface area contributed by atoms with Crippen LogP contribution >= 0.6 is 0 Å². The predicted octanol–water partition coefficient (Wildman–Crippen LogP) is 2.31. The van der Waals surface area contributed by atoms with Gasteiger partial charge in [-0.1, -0.05) is 23.8 Å². The molecule has 0 bridgehead atoms. The fraction of sp³-hybridized carbons (Fsp3) is 0.571. The van der Waals surface area contributed by atoms with Crippen LogP contribution in [0.15, 0.2) is 18.2 Å². The van der Waals surface area contributed by atoms with Crippen LogP contribution in [0.25, 0.3) is 0 Å². The van der Waals surface area contributed by atoms with E-state index in [1.807, 2.05) is 0 Å². The number of hydrogen-bond acceptors (Lipinski definition) is 2. The van der Waals surface area contributed by atoms with Crippen molar-refractivity contribution in [3.8, 4) is 0 Å². The molecule has 0 aliphatic carbocycles. The summed E-state index contributed by atoms with van der Waals surface area (Å²) in [6.45, 7) is 9.94. The minimum Gasteiger partial charge on any atom is -0.379 e. The number of aryl methyl sites for hydroxylation is 2. The molecule has 0 radical (unpaired) electrons. The van der Waals surface area contributed by atoms with E-state index in [1.54, 1.807) is 0 Å². The maximum Gasteiger partial charge on any atom is 0.0603 e. The molecule has 2 nitrogen and oxygen atoms in total. The predicted molar refractivity (Wildman–Crippen MR) is 66.7 cm³/mol. The lowest BCUT2D eigenvalue weighted by molar-refractivity contribution is -0.0922. The van der Waals surface area contributed by atoms with Crippen LogP contribution in [0, 0.1) is 13.8 Å². The molecule has 16 heavy (non-hydrogen) atoms. The summed E-state index contributed by atoms with van der Waals surface area (Å²) >= 11 is 0. The van der Waals surface area contributed by atoms with Crippen LogP contribution < -0.4 is 5.73 Å². The Morgan fingerprint density at radius 3 is 2.31 bits per heavy atom. The zero-order valence-electron chi connectivity index (χ0n) is 10.6. The molecule has 88 valence electrons. The van der Waals surface area contributed by atoms with Gasteiger partial charge in [0, 0.05) is 5.54 Å². The molecule has 1 saturated heterocycles. The molecule has 2 N–H and O–H groups in total. The van der Waals surface area contributed by atoms with Crippen molar-refractivity contribution < 1.29 is 4.74 Å². The SMILES string of the molecule is Cc1ccc(C)c(C2(C(C)(C)N)COC2)c1. The van der Waals surface area contributed by atoms with Crippen molar-refractivity contribution in [2.24, 2.45) is 5.73 Å². The summed E-state index contributed by atoms with van der Waals surface area (Å²) in [4.78, 5) is 0. The lowest BCUT2D eigenvalue weighted by Gasteiger charge is -2.51. The highest BCUT2D eigenvalue weighted by molar-refractivity contribution is 5.41. The van der Waals surface area contributed by atoms with E-state index in [9.17, 15) is 0 Å². The topological polar surface area (TPSA) is 35.2 Å². The van der Waals surface area contributed by atoms with Gasteiger partial charge in [-0.25, -0.2) is 0 Å². The van der Waals surface area contributed by atoms with Gasteiger partial charge in [0.05, 0.1) is 18.6 Å². The number of rotatable bonds is 2. The molecule has 1 aromatic rings. The van der Waals surface area contributed by atoms with Crippen LogP contribution in [-0.4, -0.2) is 18.8 Å². The second-order valence-electron chi connectivity index (χ2n) is 5.61. The summed E-state index contributed by atoms with van der Waals surface area (Å²) < 4.78 is 5.43. The molecule has 1 aliphatic heterocycles. The maximum atomic E-state index is 6.35. The van der Waals surface area contributed by atoms with Crippen LogP contribution in [0.5, 0.6) is 0 Å². The summed E-state index contributed by atoms with van der Waals surface area (Å²) in [7, 11) is 0. The first-order valence-corrected chi connectivity index (χ1v) is 5.81. The zero-order valence-corrected chi connectivity index (χ0v) is 10.6. The van der Waals surface area contributed by atoms with Crippen molar-refractivity contribution in [2.75, 3.05) is 13.2 Å². The Hall–Kier alpha value is -0.860. The van der Waals surface area contributed by atoms with Gasteiger partial charge in [0.15, 0.2) is 0 Å². The minimum atomic E-state index is -0.246. The van der Waals surface area contributed by atoms with Crippen LogP contribution in [0.4, 0.5) is 0 Å². The lowest BCUT2D eigenvalue weighted by Crippen LogP contribution is -2.65. The summed E-state index contributed by atoms with van der Waals surface area (Å²) in [5, 5.41) is 0. The minimum absolute atomic E-state index is 0.0108. The average Bonchev–Trinajstić information content (AvgIpc) is 2.06. The molecule has 1 aromatic carbocycles. The highest BCUT2D eigenvalue weighted by Gasteiger charge is 2.50. The van der Waals surface area contributed by atoms with Gasteiger partial charge in [-0.3, -0.25) is 0 Å². The first-order valence-electron chi connectivity index (χ1n) is 5.81. The van der Waals surface area contributed by atoms with Gasteiger partial charge in [0.1, 0.15) is 0 Å². The van der Waals surface area contributed by atoms with Gasteiger partial charge in [-0.15, -0.1) is 0 Å². The number of ether oxygens (including phenoxy) is 1. The van der Waals surface area contributed by atoms with E-state index < -0.39 is 0 Å². The Labute approximate surface area is 97.8 Å². The van der Waals surface area contributed by atoms with E-state index in [-0.39, 0.29) is 11.0 Å². The molecular weight excluding hydrogens is 198 g/mol. The maximum absolute atomic E-state index is 6.35. The fourth-order valence-corrected chi connectivity index (χ4v) is 2.43. The fourth-order valence-electron chi connectivity index (χ4n) is 2.43. The van der Waals surface area contributed by atoms with E-state index in [4.69, 9.17) is 10.5 Å². The Morgan fingerprint density at radius 2 is 1.88 bits per heavy atom. The third-order valence-electron chi connectivity index (χ3n) is 3.84. The third kappa shape index (κ3) is 1.57. The summed E-state index contributed by atoms with van der Waals surface area (Å²) in [5.41, 5.74) is 10.0. The van der Waals surface area contributed by atoms with Gasteiger partial charge >= 0.3 is 0 Å². The number of hydrogen-bond donors (Lipinski definition) is 1. The van der Waals surface area contributed by atoms with Crippen LogP contribution in [-0.2, 0) is 10.2 Å². The molecule has 1 heterocycles. The van der Waals surface area contributed by atoms with Crippen molar-refractivity contribution >= 4 is 0 Å². The van der Waals surface area contributed by atoms with Crippen molar-refractivity contribution in [1.82, 2.24) is 0 Å². The average molecular weight is 219 g/mol. The van der Waals surface area contributed by atoms with E-state index in [1.165, 1.54) is 16.7 Å². The second-order valence-corrected chi connectivity index (χ2v) is 5.61. The molecule has 0 aromatic heterocycles. The molecule has 2 heteroatoms. The molecule has 2 rings (SSSR count). The first-order chi connectivity index (χ1) is 7.37. The van der Waals surface area contributed by atoms with Crippen molar-refractivity contribution in [3.63, 3.8) is 0 Å². The molecule has 1 fully saturated rings. The number of benzene rings is 1. The second kappa shape index (κ2) is 3.57. The van der Waals surface area contributed by atoms with Crippen molar-refractivity contribution in [1.29, 1.82) is 0 Å². The van der Waals surface area contributed by atoms with Gasteiger partial charge in [0.25, 0.3) is 0 Å². The Bertz CT molecular complexity index is 400. The smallest absolute Gasteiger partial charge is 0.0603 e. The van der Waals surface area contributed by atoms with Gasteiger partial charge in [-0.05, 0) is 38.8 Å². The Balaban J connectivity index is 2.53. The Kier molecular flexibility index (Phi) is 2.59. The molecule has 0 atom stereocenters. The molecule has 0 unspecified atom stereocenters. The summed E-state index contributed by atoms with van der Waals surface area (Å²) in [6, 6.07) is 6.58. The molecule has 1 aliphatic rings. The first kappa shape index (κ1) is 11.6. The molecule has 0 amide bonds. The van der Waals surface area contributed by atoms with E-state index >= 15 is 0 Å². The van der Waals surface area contributed by atoms with Gasteiger partial charge in [-0.2, -0.15) is 0 Å². The highest BCUT2D eigenvalue weighted by atomic mass is 16.5. The monoisotopic (exact) mass is 219 g/mol. The zero-order chi connectivity index (χ0) is 12.0. The van der Waals surface area contributed by atoms with Gasteiger partial charge < -0.3 is 10.5 Å². The molecular formula is C14H21NO. The quantitative estimate of drug-likeness (QED) is 0.828. The van der Waals surface area contributed by atoms with E-state index in [0.717, 1.165) is 13.2 Å². The van der Waals surface area contributed by atoms with Gasteiger partial charge in [0.2, 0.25) is 0 Å². The van der Waals surface area contributed by atoms with Crippen molar-refractivity contribution in [3.05, 3.63) is 34.9 Å². The highest BCUT2D eigenvalue weighted by Crippen LogP contribution is 2.42. The lowest BCUT2D eigenvalue weighted by atomic mass is 9.64. The third-order valence-corrected chi connectivity index (χ3v) is 3.84. The largest absolute Gasteiger partial charge is 0.379 e. The molecule has 0 spiro atoms. The van der Waals surface area contributed by atoms with Crippen LogP contribution in [0.1, 0.15) is 30.5 Å². The summed E-state index contributed by atoms with van der Waals surface area (Å²) in [6.07, 6.45) is 0.